The Kier molecular flexibility index (Phi) is 4.88. The average Bonchev–Trinajstić information content (AvgIpc) is 2.47. The van der Waals surface area contributed by atoms with Gasteiger partial charge in [0.15, 0.2) is 0 Å². The second-order valence-electron chi connectivity index (χ2n) is 4.51. The molecule has 0 fully saturated rings. The third-order valence-electron chi connectivity index (χ3n) is 3.22. The van der Waals surface area contributed by atoms with Crippen LogP contribution < -0.4 is 15.0 Å². The molecule has 0 spiro atoms. The van der Waals surface area contributed by atoms with Gasteiger partial charge in [-0.1, -0.05) is 35.9 Å². The van der Waals surface area contributed by atoms with Crippen molar-refractivity contribution in [2.45, 2.75) is 6.54 Å². The zero-order chi connectivity index (χ0) is 14.5. The molecular weight excluding hydrogens is 272 g/mol. The number of methoxy groups -OCH3 is 1. The van der Waals surface area contributed by atoms with Crippen LogP contribution in [0.2, 0.25) is 5.02 Å². The van der Waals surface area contributed by atoms with E-state index in [4.69, 9.17) is 16.3 Å². The zero-order valence-electron chi connectivity index (χ0n) is 12.0. The topological polar surface area (TPSA) is 24.5 Å². The summed E-state index contributed by atoms with van der Waals surface area (Å²) in [6, 6.07) is 13.9. The summed E-state index contributed by atoms with van der Waals surface area (Å²) in [6.07, 6.45) is 0. The van der Waals surface area contributed by atoms with Crippen LogP contribution in [0.15, 0.2) is 42.5 Å². The second-order valence-corrected chi connectivity index (χ2v) is 4.92. The predicted octanol–water partition coefficient (Wildman–Crippen LogP) is 3.84. The summed E-state index contributed by atoms with van der Waals surface area (Å²) < 4.78 is 5.43. The first-order valence-corrected chi connectivity index (χ1v) is 6.85. The van der Waals surface area contributed by atoms with Crippen LogP contribution in [-0.4, -0.2) is 21.2 Å². The molecule has 0 aliphatic carbocycles. The van der Waals surface area contributed by atoms with Crippen molar-refractivity contribution in [3.05, 3.63) is 53.1 Å². The molecule has 0 aliphatic rings. The van der Waals surface area contributed by atoms with Crippen molar-refractivity contribution < 1.29 is 4.74 Å². The molecule has 4 heteroatoms. The number of halogens is 1. The van der Waals surface area contributed by atoms with Crippen molar-refractivity contribution in [3.8, 4) is 5.75 Å². The zero-order valence-corrected chi connectivity index (χ0v) is 12.7. The normalized spacial score (nSPS) is 10.4. The summed E-state index contributed by atoms with van der Waals surface area (Å²) in [6.45, 7) is 0.759. The fourth-order valence-corrected chi connectivity index (χ4v) is 2.62. The minimum atomic E-state index is 0.728. The lowest BCUT2D eigenvalue weighted by molar-refractivity contribution is 0.415. The molecule has 0 radical (unpaired) electrons. The van der Waals surface area contributed by atoms with Gasteiger partial charge in [-0.15, -0.1) is 0 Å². The van der Waals surface area contributed by atoms with E-state index in [1.807, 2.05) is 50.5 Å². The molecule has 0 aliphatic heterocycles. The first-order valence-electron chi connectivity index (χ1n) is 6.47. The number of nitrogens with zero attached hydrogens (tertiary/aromatic N) is 1. The van der Waals surface area contributed by atoms with Crippen LogP contribution in [-0.2, 0) is 6.54 Å². The molecule has 0 amide bonds. The van der Waals surface area contributed by atoms with Crippen LogP contribution in [0.1, 0.15) is 5.56 Å². The first-order chi connectivity index (χ1) is 9.69. The molecule has 0 atom stereocenters. The van der Waals surface area contributed by atoms with Gasteiger partial charge in [0.05, 0.1) is 23.5 Å². The van der Waals surface area contributed by atoms with Crippen molar-refractivity contribution in [2.24, 2.45) is 0 Å². The summed E-state index contributed by atoms with van der Waals surface area (Å²) in [7, 11) is 5.60. The Hall–Kier alpha value is -1.71. The standard InChI is InChI=1S/C16H19ClN2O/c1-18-11-12-7-6-8-13(17)16(12)19(2)14-9-4-5-10-15(14)20-3/h4-10,18H,11H2,1-3H3. The largest absolute Gasteiger partial charge is 0.495 e. The fraction of sp³-hybridized carbons (Fsp3) is 0.250. The maximum Gasteiger partial charge on any atom is 0.142 e. The van der Waals surface area contributed by atoms with E-state index >= 15 is 0 Å². The van der Waals surface area contributed by atoms with E-state index in [0.717, 1.165) is 34.3 Å². The average molecular weight is 291 g/mol. The molecule has 2 rings (SSSR count). The van der Waals surface area contributed by atoms with E-state index in [1.54, 1.807) is 7.11 Å². The number of anilines is 2. The lowest BCUT2D eigenvalue weighted by atomic mass is 10.1. The number of hydrogen-bond donors (Lipinski definition) is 1. The predicted molar refractivity (Wildman–Crippen MR) is 85.3 cm³/mol. The SMILES string of the molecule is CNCc1cccc(Cl)c1N(C)c1ccccc1OC. The molecule has 2 aromatic carbocycles. The summed E-state index contributed by atoms with van der Waals surface area (Å²) in [5.41, 5.74) is 3.13. The molecule has 0 heterocycles. The molecule has 0 saturated carbocycles. The smallest absolute Gasteiger partial charge is 0.142 e. The Morgan fingerprint density at radius 1 is 1.15 bits per heavy atom. The van der Waals surface area contributed by atoms with Gasteiger partial charge in [0.2, 0.25) is 0 Å². The van der Waals surface area contributed by atoms with Crippen molar-refractivity contribution in [3.63, 3.8) is 0 Å². The van der Waals surface area contributed by atoms with Gasteiger partial charge in [0.1, 0.15) is 5.75 Å². The van der Waals surface area contributed by atoms with Crippen LogP contribution in [0.5, 0.6) is 5.75 Å². The van der Waals surface area contributed by atoms with Gasteiger partial charge in [-0.2, -0.15) is 0 Å². The van der Waals surface area contributed by atoms with Gasteiger partial charge < -0.3 is 15.0 Å². The van der Waals surface area contributed by atoms with Crippen molar-refractivity contribution in [1.29, 1.82) is 0 Å². The van der Waals surface area contributed by atoms with Gasteiger partial charge in [0.25, 0.3) is 0 Å². The quantitative estimate of drug-likeness (QED) is 0.905. The molecule has 1 N–H and O–H groups in total. The number of para-hydroxylation sites is 3. The summed E-state index contributed by atoms with van der Waals surface area (Å²) in [5, 5.41) is 3.90. The molecule has 3 nitrogen and oxygen atoms in total. The van der Waals surface area contributed by atoms with Crippen LogP contribution >= 0.6 is 11.6 Å². The highest BCUT2D eigenvalue weighted by Gasteiger charge is 2.15. The Morgan fingerprint density at radius 3 is 2.60 bits per heavy atom. The van der Waals surface area contributed by atoms with Crippen LogP contribution in [0, 0.1) is 0 Å². The maximum atomic E-state index is 6.40. The van der Waals surface area contributed by atoms with Crippen LogP contribution in [0.25, 0.3) is 0 Å². The number of hydrogen-bond acceptors (Lipinski definition) is 3. The van der Waals surface area contributed by atoms with E-state index in [0.29, 0.717) is 0 Å². The van der Waals surface area contributed by atoms with Crippen molar-refractivity contribution in [1.82, 2.24) is 5.32 Å². The summed E-state index contributed by atoms with van der Waals surface area (Å²) >= 11 is 6.40. The first kappa shape index (κ1) is 14.7. The fourth-order valence-electron chi connectivity index (χ4n) is 2.30. The number of rotatable bonds is 5. The highest BCUT2D eigenvalue weighted by Crippen LogP contribution is 2.37. The van der Waals surface area contributed by atoms with E-state index in [-0.39, 0.29) is 0 Å². The third kappa shape index (κ3) is 2.89. The van der Waals surface area contributed by atoms with Crippen molar-refractivity contribution in [2.75, 3.05) is 26.1 Å². The van der Waals surface area contributed by atoms with Gasteiger partial charge >= 0.3 is 0 Å². The molecule has 0 saturated heterocycles. The van der Waals surface area contributed by atoms with Crippen LogP contribution in [0.3, 0.4) is 0 Å². The van der Waals surface area contributed by atoms with Gasteiger partial charge in [-0.25, -0.2) is 0 Å². The van der Waals surface area contributed by atoms with Gasteiger partial charge in [0, 0.05) is 13.6 Å². The summed E-state index contributed by atoms with van der Waals surface area (Å²) in [4.78, 5) is 2.06. The lowest BCUT2D eigenvalue weighted by Crippen LogP contribution is -2.16. The lowest BCUT2D eigenvalue weighted by Gasteiger charge is -2.25. The Labute approximate surface area is 125 Å². The monoisotopic (exact) mass is 290 g/mol. The highest BCUT2D eigenvalue weighted by atomic mass is 35.5. The minimum Gasteiger partial charge on any atom is -0.495 e. The molecule has 0 unspecified atom stereocenters. The highest BCUT2D eigenvalue weighted by molar-refractivity contribution is 6.33. The Bertz CT molecular complexity index is 586. The van der Waals surface area contributed by atoms with Crippen molar-refractivity contribution >= 4 is 23.0 Å². The van der Waals surface area contributed by atoms with Gasteiger partial charge in [-0.3, -0.25) is 0 Å². The number of nitrogens with one attached hydrogen (secondary N) is 1. The Morgan fingerprint density at radius 2 is 1.90 bits per heavy atom. The van der Waals surface area contributed by atoms with E-state index in [2.05, 4.69) is 16.3 Å². The third-order valence-corrected chi connectivity index (χ3v) is 3.52. The summed E-state index contributed by atoms with van der Waals surface area (Å²) in [5.74, 6) is 0.824. The molecule has 0 aromatic heterocycles. The molecule has 20 heavy (non-hydrogen) atoms. The number of ether oxygens (including phenoxy) is 1. The van der Waals surface area contributed by atoms with E-state index in [1.165, 1.54) is 0 Å². The Balaban J connectivity index is 2.50. The van der Waals surface area contributed by atoms with E-state index < -0.39 is 0 Å². The maximum absolute atomic E-state index is 6.40. The van der Waals surface area contributed by atoms with E-state index in [9.17, 15) is 0 Å². The number of benzene rings is 2. The molecule has 0 bridgehead atoms. The second kappa shape index (κ2) is 6.64. The minimum absolute atomic E-state index is 0.728. The molecule has 106 valence electrons. The van der Waals surface area contributed by atoms with Gasteiger partial charge in [-0.05, 0) is 30.8 Å². The van der Waals surface area contributed by atoms with Crippen LogP contribution in [0.4, 0.5) is 11.4 Å². The molecule has 2 aromatic rings. The molecular formula is C16H19ClN2O.